The van der Waals surface area contributed by atoms with Crippen LogP contribution in [0.2, 0.25) is 0 Å². The maximum absolute atomic E-state index is 12.1. The number of rotatable bonds is 8. The molecule has 1 fully saturated rings. The number of fused-ring (bicyclic) bond motifs is 2. The van der Waals surface area contributed by atoms with Gasteiger partial charge in [-0.1, -0.05) is 17.7 Å². The van der Waals surface area contributed by atoms with Crippen LogP contribution in [0.4, 0.5) is 5.82 Å². The van der Waals surface area contributed by atoms with Gasteiger partial charge in [-0.25, -0.2) is 28.1 Å². The van der Waals surface area contributed by atoms with Gasteiger partial charge in [0.15, 0.2) is 33.6 Å². The smallest absolute Gasteiger partial charge is 0.231 e. The number of aromatic nitrogens is 4. The highest BCUT2D eigenvalue weighted by molar-refractivity contribution is 7.99. The highest BCUT2D eigenvalue weighted by Crippen LogP contribution is 2.41. The first-order chi connectivity index (χ1) is 15.5. The first-order valence-corrected chi connectivity index (χ1v) is 12.4. The van der Waals surface area contributed by atoms with Gasteiger partial charge in [0.1, 0.15) is 6.33 Å². The van der Waals surface area contributed by atoms with E-state index in [1.54, 1.807) is 6.07 Å². The molecular formula is C20H20N6O4S2. The van der Waals surface area contributed by atoms with Crippen LogP contribution in [0, 0.1) is 12.3 Å². The molecule has 0 bridgehead atoms. The van der Waals surface area contributed by atoms with Crippen LogP contribution in [0.15, 0.2) is 28.5 Å². The third-order valence-electron chi connectivity index (χ3n) is 5.18. The molecule has 3 heterocycles. The van der Waals surface area contributed by atoms with Crippen LogP contribution in [-0.2, 0) is 16.6 Å². The molecule has 1 aliphatic carbocycles. The number of benzene rings is 1. The van der Waals surface area contributed by atoms with Gasteiger partial charge in [-0.2, -0.15) is 0 Å². The van der Waals surface area contributed by atoms with Gasteiger partial charge in [-0.05, 0) is 25.3 Å². The average Bonchev–Trinajstić information content (AvgIpc) is 3.45. The molecule has 2 aliphatic rings. The van der Waals surface area contributed by atoms with Crippen LogP contribution in [0.5, 0.6) is 11.5 Å². The van der Waals surface area contributed by atoms with Gasteiger partial charge in [-0.15, -0.1) is 6.42 Å². The Morgan fingerprint density at radius 2 is 2.06 bits per heavy atom. The monoisotopic (exact) mass is 472 g/mol. The zero-order valence-corrected chi connectivity index (χ0v) is 18.6. The number of nitrogen functional groups attached to an aromatic ring is 1. The number of nitrogens with one attached hydrogen (secondary N) is 1. The van der Waals surface area contributed by atoms with E-state index in [1.807, 2.05) is 10.6 Å². The molecule has 166 valence electrons. The van der Waals surface area contributed by atoms with E-state index < -0.39 is 10.0 Å². The Labute approximate surface area is 189 Å². The van der Waals surface area contributed by atoms with Crippen molar-refractivity contribution in [3.63, 3.8) is 0 Å². The van der Waals surface area contributed by atoms with E-state index in [0.717, 1.165) is 17.7 Å². The van der Waals surface area contributed by atoms with E-state index in [9.17, 15) is 8.42 Å². The molecular weight excluding hydrogens is 452 g/mol. The molecule has 0 atom stereocenters. The summed E-state index contributed by atoms with van der Waals surface area (Å²) in [5.41, 5.74) is 7.72. The van der Waals surface area contributed by atoms with Crippen molar-refractivity contribution in [3.05, 3.63) is 24.0 Å². The summed E-state index contributed by atoms with van der Waals surface area (Å²) in [6.07, 6.45) is 9.10. The second kappa shape index (κ2) is 8.16. The normalized spacial score (nSPS) is 15.2. The molecule has 3 N–H and O–H groups in total. The third kappa shape index (κ3) is 3.94. The Morgan fingerprint density at radius 3 is 2.81 bits per heavy atom. The van der Waals surface area contributed by atoms with Crippen molar-refractivity contribution in [2.45, 2.75) is 41.1 Å². The summed E-state index contributed by atoms with van der Waals surface area (Å²) < 4.78 is 39.6. The van der Waals surface area contributed by atoms with Crippen molar-refractivity contribution in [2.24, 2.45) is 0 Å². The number of nitrogens with two attached hydrogens (primary N) is 1. The number of hydrogen-bond acceptors (Lipinski definition) is 9. The lowest BCUT2D eigenvalue weighted by Crippen LogP contribution is -2.28. The summed E-state index contributed by atoms with van der Waals surface area (Å²) in [6, 6.07) is 3.59. The summed E-state index contributed by atoms with van der Waals surface area (Å²) in [4.78, 5) is 13.8. The Balaban J connectivity index is 1.43. The molecule has 5 rings (SSSR count). The molecule has 12 heteroatoms. The molecule has 1 aromatic carbocycles. The number of anilines is 1. The maximum Gasteiger partial charge on any atom is 0.231 e. The van der Waals surface area contributed by atoms with E-state index in [4.69, 9.17) is 21.6 Å². The summed E-state index contributed by atoms with van der Waals surface area (Å²) in [5, 5.41) is 0.371. The van der Waals surface area contributed by atoms with E-state index >= 15 is 0 Å². The van der Waals surface area contributed by atoms with E-state index in [0.29, 0.717) is 52.9 Å². The molecule has 10 nitrogen and oxygen atoms in total. The quantitative estimate of drug-likeness (QED) is 0.371. The molecule has 1 aliphatic heterocycles. The number of hydrogen-bond donors (Lipinski definition) is 2. The Bertz CT molecular complexity index is 1340. The van der Waals surface area contributed by atoms with Crippen LogP contribution in [0.1, 0.15) is 24.8 Å². The number of nitrogens with zero attached hydrogens (tertiary/aromatic N) is 4. The predicted molar refractivity (Wildman–Crippen MR) is 119 cm³/mol. The van der Waals surface area contributed by atoms with Gasteiger partial charge in [0.2, 0.25) is 16.8 Å². The average molecular weight is 473 g/mol. The van der Waals surface area contributed by atoms with Crippen LogP contribution < -0.4 is 19.9 Å². The van der Waals surface area contributed by atoms with Crippen molar-refractivity contribution in [1.82, 2.24) is 24.2 Å². The first-order valence-electron chi connectivity index (χ1n) is 9.99. The minimum Gasteiger partial charge on any atom is -0.454 e. The molecule has 3 aromatic rings. The molecule has 0 radical (unpaired) electrons. The Kier molecular flexibility index (Phi) is 5.32. The molecule has 2 aromatic heterocycles. The minimum atomic E-state index is -3.22. The van der Waals surface area contributed by atoms with Crippen molar-refractivity contribution in [2.75, 3.05) is 19.1 Å². The van der Waals surface area contributed by atoms with E-state index in [1.165, 1.54) is 18.1 Å². The standard InChI is InChI=1S/C20H20N6O4S2/c1-2-12-8-14-15(30-11-29-14)9-16(12)31-20-25-17-18(21)22-10-23-19(17)26(20)7-3-6-24-32(27,28)13-4-5-13/h1,8-10,13,24H,3-7,11H2,(H2,21,22,23). The predicted octanol–water partition coefficient (Wildman–Crippen LogP) is 1.74. The lowest BCUT2D eigenvalue weighted by molar-refractivity contribution is 0.174. The molecule has 0 amide bonds. The number of imidazole rings is 1. The zero-order valence-electron chi connectivity index (χ0n) is 16.9. The molecule has 32 heavy (non-hydrogen) atoms. The molecule has 1 saturated carbocycles. The fourth-order valence-electron chi connectivity index (χ4n) is 3.38. The second-order valence-corrected chi connectivity index (χ2v) is 10.5. The lowest BCUT2D eigenvalue weighted by Gasteiger charge is -2.10. The third-order valence-corrected chi connectivity index (χ3v) is 8.19. The SMILES string of the molecule is C#Cc1cc2c(cc1Sc1nc3c(N)ncnc3n1CCCNS(=O)(=O)C1CC1)OCO2. The van der Waals surface area contributed by atoms with E-state index in [-0.39, 0.29) is 17.9 Å². The largest absolute Gasteiger partial charge is 0.454 e. The van der Waals surface area contributed by atoms with Crippen LogP contribution in [0.25, 0.3) is 11.2 Å². The summed E-state index contributed by atoms with van der Waals surface area (Å²) in [5.74, 6) is 4.16. The number of aryl methyl sites for hydroxylation is 1. The number of ether oxygens (including phenoxy) is 2. The highest BCUT2D eigenvalue weighted by atomic mass is 32.2. The first kappa shape index (κ1) is 20.9. The van der Waals surface area contributed by atoms with Crippen molar-refractivity contribution < 1.29 is 17.9 Å². The van der Waals surface area contributed by atoms with Crippen LogP contribution in [0.3, 0.4) is 0 Å². The van der Waals surface area contributed by atoms with Gasteiger partial charge in [0.25, 0.3) is 0 Å². The molecule has 0 spiro atoms. The van der Waals surface area contributed by atoms with Crippen LogP contribution in [-0.4, -0.2) is 46.5 Å². The summed E-state index contributed by atoms with van der Waals surface area (Å²) >= 11 is 1.36. The Hall–Kier alpha value is -3.01. The fraction of sp³-hybridized carbons (Fsp3) is 0.350. The summed E-state index contributed by atoms with van der Waals surface area (Å²) in [6.45, 7) is 0.954. The van der Waals surface area contributed by atoms with Gasteiger partial charge in [-0.3, -0.25) is 0 Å². The van der Waals surface area contributed by atoms with Crippen molar-refractivity contribution in [1.29, 1.82) is 0 Å². The van der Waals surface area contributed by atoms with Crippen LogP contribution >= 0.6 is 11.8 Å². The Morgan fingerprint density at radius 1 is 1.28 bits per heavy atom. The number of sulfonamides is 1. The van der Waals surface area contributed by atoms with Gasteiger partial charge >= 0.3 is 0 Å². The van der Waals surface area contributed by atoms with Gasteiger partial charge in [0, 0.05) is 29.6 Å². The molecule has 0 saturated heterocycles. The zero-order chi connectivity index (χ0) is 22.3. The van der Waals surface area contributed by atoms with Crippen molar-refractivity contribution in [3.8, 4) is 23.8 Å². The fourth-order valence-corrected chi connectivity index (χ4v) is 5.82. The lowest BCUT2D eigenvalue weighted by atomic mass is 10.2. The number of terminal acetylenes is 1. The molecule has 0 unspecified atom stereocenters. The topological polar surface area (TPSA) is 134 Å². The van der Waals surface area contributed by atoms with E-state index in [2.05, 4.69) is 25.6 Å². The minimum absolute atomic E-state index is 0.148. The highest BCUT2D eigenvalue weighted by Gasteiger charge is 2.35. The summed E-state index contributed by atoms with van der Waals surface area (Å²) in [7, 11) is -3.22. The maximum atomic E-state index is 12.1. The van der Waals surface area contributed by atoms with Gasteiger partial charge in [0.05, 0.1) is 5.25 Å². The second-order valence-electron chi connectivity index (χ2n) is 7.42. The van der Waals surface area contributed by atoms with Gasteiger partial charge < -0.3 is 19.8 Å². The van der Waals surface area contributed by atoms with Crippen molar-refractivity contribution >= 4 is 38.8 Å².